The van der Waals surface area contributed by atoms with Gasteiger partial charge in [-0.1, -0.05) is 17.2 Å². The molecular weight excluding hydrogens is 667 g/mol. The molecule has 4 aromatic rings. The molecule has 3 aromatic heterocycles. The van der Waals surface area contributed by atoms with E-state index in [4.69, 9.17) is 20.4 Å². The summed E-state index contributed by atoms with van der Waals surface area (Å²) in [6, 6.07) is 8.49. The molecule has 50 heavy (non-hydrogen) atoms. The van der Waals surface area contributed by atoms with Gasteiger partial charge in [0.05, 0.1) is 0 Å². The molecule has 4 rings (SSSR count). The molecule has 5 N–H and O–H groups in total. The number of hydrogen-bond acceptors (Lipinski definition) is 10. The summed E-state index contributed by atoms with van der Waals surface area (Å²) in [6.45, 7) is 3.31. The van der Waals surface area contributed by atoms with Gasteiger partial charge in [0.15, 0.2) is 5.69 Å². The zero-order valence-corrected chi connectivity index (χ0v) is 26.7. The maximum Gasteiger partial charge on any atom is 0.416 e. The lowest BCUT2D eigenvalue weighted by Crippen LogP contribution is -2.42. The van der Waals surface area contributed by atoms with Crippen molar-refractivity contribution in [3.63, 3.8) is 0 Å². The van der Waals surface area contributed by atoms with Crippen LogP contribution in [0.25, 0.3) is 33.2 Å². The number of hydrogen-bond donors (Lipinski definition) is 4. The van der Waals surface area contributed by atoms with Gasteiger partial charge in [0, 0.05) is 40.9 Å². The highest BCUT2D eigenvalue weighted by molar-refractivity contribution is 6.10. The van der Waals surface area contributed by atoms with Gasteiger partial charge < -0.3 is 25.5 Å². The lowest BCUT2D eigenvalue weighted by atomic mass is 10.1. The van der Waals surface area contributed by atoms with Crippen LogP contribution in [0.15, 0.2) is 58.4 Å². The summed E-state index contributed by atoms with van der Waals surface area (Å²) in [5.41, 5.74) is 12.9. The van der Waals surface area contributed by atoms with Crippen LogP contribution in [0.1, 0.15) is 58.5 Å². The van der Waals surface area contributed by atoms with Gasteiger partial charge in [-0.2, -0.15) is 18.3 Å². The van der Waals surface area contributed by atoms with E-state index in [2.05, 4.69) is 40.8 Å². The van der Waals surface area contributed by atoms with Gasteiger partial charge in [-0.3, -0.25) is 24.4 Å². The lowest BCUT2D eigenvalue weighted by Gasteiger charge is -2.27. The van der Waals surface area contributed by atoms with Crippen LogP contribution < -0.4 is 21.3 Å². The fourth-order valence-electron chi connectivity index (χ4n) is 4.25. The molecule has 3 heterocycles. The summed E-state index contributed by atoms with van der Waals surface area (Å²) in [6.07, 6.45) is -3.53. The minimum Gasteiger partial charge on any atom is -0.444 e. The summed E-state index contributed by atoms with van der Waals surface area (Å²) in [4.78, 5) is 61.5. The van der Waals surface area contributed by atoms with Crippen molar-refractivity contribution in [2.45, 2.75) is 39.0 Å². The Morgan fingerprint density at radius 1 is 1.10 bits per heavy atom. The molecule has 0 aliphatic rings. The highest BCUT2D eigenvalue weighted by Crippen LogP contribution is 2.31. The van der Waals surface area contributed by atoms with Crippen molar-refractivity contribution in [3.05, 3.63) is 76.3 Å². The number of nitrogens with two attached hydrogens (primary N) is 1. The second-order valence-electron chi connectivity index (χ2n) is 11.4. The number of H-pyrrole nitrogens is 1. The van der Waals surface area contributed by atoms with Crippen molar-refractivity contribution in [2.75, 3.05) is 29.9 Å². The number of halogens is 3. The molecule has 0 aliphatic heterocycles. The minimum absolute atomic E-state index is 0.0754. The maximum absolute atomic E-state index is 13.4. The Hall–Kier alpha value is -6.43. The largest absolute Gasteiger partial charge is 0.444 e. The van der Waals surface area contributed by atoms with E-state index in [-0.39, 0.29) is 53.2 Å². The van der Waals surface area contributed by atoms with Crippen molar-refractivity contribution in [3.8, 4) is 22.7 Å². The summed E-state index contributed by atoms with van der Waals surface area (Å²) < 4.78 is 50.7. The average Bonchev–Trinajstić information content (AvgIpc) is 3.71. The van der Waals surface area contributed by atoms with Crippen molar-refractivity contribution < 1.29 is 41.5 Å². The molecule has 20 heteroatoms. The normalized spacial score (nSPS) is 11.3. The van der Waals surface area contributed by atoms with Gasteiger partial charge in [0.1, 0.15) is 41.3 Å². The summed E-state index contributed by atoms with van der Waals surface area (Å²) >= 11 is 0. The molecule has 0 radical (unpaired) electrons. The number of pyridine rings is 1. The van der Waals surface area contributed by atoms with Gasteiger partial charge >= 0.3 is 12.3 Å². The predicted octanol–water partition coefficient (Wildman–Crippen LogP) is 5.21. The van der Waals surface area contributed by atoms with Crippen LogP contribution in [0, 0.1) is 0 Å². The third kappa shape index (κ3) is 9.57. The van der Waals surface area contributed by atoms with Crippen LogP contribution in [0.5, 0.6) is 0 Å². The molecule has 262 valence electrons. The third-order valence-electron chi connectivity index (χ3n) is 6.41. The number of aromatic nitrogens is 4. The van der Waals surface area contributed by atoms with Crippen LogP contribution in [0.4, 0.5) is 29.5 Å². The van der Waals surface area contributed by atoms with Crippen LogP contribution in [0.3, 0.4) is 0 Å². The number of nitrogens with zero attached hydrogens (tertiary/aromatic N) is 7. The number of aromatic amines is 1. The Kier molecular flexibility index (Phi) is 11.1. The minimum atomic E-state index is -4.79. The van der Waals surface area contributed by atoms with Crippen LogP contribution in [-0.4, -0.2) is 75.4 Å². The zero-order chi connectivity index (χ0) is 36.6. The van der Waals surface area contributed by atoms with Gasteiger partial charge in [-0.15, -0.1) is 0 Å². The summed E-state index contributed by atoms with van der Waals surface area (Å²) in [7, 11) is 0. The molecule has 0 aliphatic carbocycles. The van der Waals surface area contributed by atoms with Crippen molar-refractivity contribution >= 4 is 35.3 Å². The number of carbonyl (C=O) groups excluding carboxylic acids is 4. The first-order valence-electron chi connectivity index (χ1n) is 14.6. The van der Waals surface area contributed by atoms with Crippen LogP contribution in [0.2, 0.25) is 0 Å². The van der Waals surface area contributed by atoms with Gasteiger partial charge in [-0.25, -0.2) is 14.8 Å². The first-order chi connectivity index (χ1) is 23.6. The van der Waals surface area contributed by atoms with E-state index in [9.17, 15) is 32.3 Å². The van der Waals surface area contributed by atoms with E-state index >= 15 is 0 Å². The average molecular weight is 698 g/mol. The predicted molar refractivity (Wildman–Crippen MR) is 171 cm³/mol. The van der Waals surface area contributed by atoms with E-state index < -0.39 is 42.0 Å². The third-order valence-corrected chi connectivity index (χ3v) is 6.41. The fraction of sp³-hybridized carbons (Fsp3) is 0.300. The number of amides is 4. The molecule has 17 nitrogen and oxygen atoms in total. The van der Waals surface area contributed by atoms with Crippen molar-refractivity contribution in [1.29, 1.82) is 0 Å². The number of nitrogens with one attached hydrogen (secondary N) is 3. The van der Waals surface area contributed by atoms with Crippen LogP contribution >= 0.6 is 0 Å². The van der Waals surface area contributed by atoms with E-state index in [0.717, 1.165) is 18.5 Å². The summed E-state index contributed by atoms with van der Waals surface area (Å²) in [5, 5.41) is 15.2. The van der Waals surface area contributed by atoms with Gasteiger partial charge in [0.2, 0.25) is 5.89 Å². The number of primary amides is 1. The number of rotatable bonds is 12. The molecule has 0 unspecified atom stereocenters. The van der Waals surface area contributed by atoms with E-state index in [1.165, 1.54) is 51.1 Å². The Balaban J connectivity index is 1.55. The molecule has 0 bridgehead atoms. The Bertz CT molecular complexity index is 1930. The lowest BCUT2D eigenvalue weighted by molar-refractivity contribution is -0.119. The first-order valence-corrected chi connectivity index (χ1v) is 14.6. The second kappa shape index (κ2) is 15.2. The second-order valence-corrected chi connectivity index (χ2v) is 11.4. The number of benzene rings is 1. The SMILES string of the molecule is CC(C)(C)OC(=O)N(CC(F)(F)F)c1cc(-c2nc(C(=O)Nc3c(-c4ccc(C(=O)NCCCN=[N+]=[N-])cc4)n[nH]c3C(N)=O)co2)ccn1. The van der Waals surface area contributed by atoms with E-state index in [1.807, 2.05) is 0 Å². The smallest absolute Gasteiger partial charge is 0.416 e. The molecule has 1 aromatic carbocycles. The van der Waals surface area contributed by atoms with Gasteiger partial charge in [0.25, 0.3) is 17.7 Å². The molecule has 0 saturated heterocycles. The fourth-order valence-corrected chi connectivity index (χ4v) is 4.25. The number of alkyl halides is 3. The highest BCUT2D eigenvalue weighted by atomic mass is 19.4. The molecular formula is C30H30F3N11O6. The number of azide groups is 1. The van der Waals surface area contributed by atoms with Gasteiger partial charge in [-0.05, 0) is 57.0 Å². The molecule has 0 fully saturated rings. The molecule has 0 spiro atoms. The molecule has 0 saturated carbocycles. The van der Waals surface area contributed by atoms with Crippen molar-refractivity contribution in [2.24, 2.45) is 10.8 Å². The zero-order valence-electron chi connectivity index (χ0n) is 26.7. The number of carbonyl (C=O) groups is 4. The standard InChI is InChI=1S/C30H30F3N11O6/c1-29(2,3)50-28(48)44(15-30(31,32)33)20-13-18(9-12-36-20)27-39-19(14-49-27)26(47)40-22-21(41-42-23(22)24(34)45)16-5-7-17(8-6-16)25(46)37-10-4-11-38-43-35/h5-9,12-14H,4,10-11,15H2,1-3H3,(H2,34,45)(H,37,46)(H,40,47)(H,41,42). The topological polar surface area (TPSA) is 247 Å². The maximum atomic E-state index is 13.4. The number of anilines is 2. The highest BCUT2D eigenvalue weighted by Gasteiger charge is 2.37. The van der Waals surface area contributed by atoms with Crippen molar-refractivity contribution in [1.82, 2.24) is 25.5 Å². The number of oxazole rings is 1. The first kappa shape index (κ1) is 36.4. The quantitative estimate of drug-likeness (QED) is 0.0655. The summed E-state index contributed by atoms with van der Waals surface area (Å²) in [5.74, 6) is -2.82. The number of ether oxygens (including phenoxy) is 1. The van der Waals surface area contributed by atoms with Crippen LogP contribution in [-0.2, 0) is 4.74 Å². The van der Waals surface area contributed by atoms with E-state index in [0.29, 0.717) is 22.4 Å². The van der Waals surface area contributed by atoms with E-state index in [1.54, 1.807) is 0 Å². The Labute approximate surface area is 281 Å². The monoisotopic (exact) mass is 697 g/mol. The molecule has 0 atom stereocenters. The Morgan fingerprint density at radius 2 is 1.82 bits per heavy atom. The molecule has 4 amide bonds. The Morgan fingerprint density at radius 3 is 2.46 bits per heavy atom.